The van der Waals surface area contributed by atoms with Crippen LogP contribution in [0.1, 0.15) is 11.3 Å². The number of aromatic nitrogens is 2. The van der Waals surface area contributed by atoms with Crippen molar-refractivity contribution in [2.45, 2.75) is 13.0 Å². The maximum atomic E-state index is 13.1. The van der Waals surface area contributed by atoms with E-state index < -0.39 is 5.82 Å². The number of halogens is 2. The first-order chi connectivity index (χ1) is 9.15. The van der Waals surface area contributed by atoms with Crippen LogP contribution in [0.3, 0.4) is 0 Å². The van der Waals surface area contributed by atoms with E-state index in [2.05, 4.69) is 15.3 Å². The van der Waals surface area contributed by atoms with Crippen molar-refractivity contribution in [3.63, 3.8) is 0 Å². The Balaban J connectivity index is 2.12. The van der Waals surface area contributed by atoms with Gasteiger partial charge in [-0.25, -0.2) is 9.37 Å². The molecule has 1 aliphatic rings. The van der Waals surface area contributed by atoms with Crippen molar-refractivity contribution in [1.82, 2.24) is 15.3 Å². The Bertz CT molecular complexity index is 699. The van der Waals surface area contributed by atoms with E-state index in [4.69, 9.17) is 11.6 Å². The van der Waals surface area contributed by atoms with Gasteiger partial charge in [-0.15, -0.1) is 0 Å². The lowest BCUT2D eigenvalue weighted by Gasteiger charge is -2.15. The van der Waals surface area contributed by atoms with Crippen LogP contribution in [0.2, 0.25) is 5.02 Å². The van der Waals surface area contributed by atoms with Crippen LogP contribution < -0.4 is 10.9 Å². The topological polar surface area (TPSA) is 57.8 Å². The molecular weight excluding hydrogens is 269 g/mol. The number of rotatable bonds is 1. The van der Waals surface area contributed by atoms with Crippen LogP contribution >= 0.6 is 11.6 Å². The molecule has 0 spiro atoms. The number of hydrogen-bond donors (Lipinski definition) is 2. The molecule has 0 radical (unpaired) electrons. The maximum absolute atomic E-state index is 13.1. The van der Waals surface area contributed by atoms with E-state index in [1.54, 1.807) is 6.07 Å². The first-order valence-electron chi connectivity index (χ1n) is 5.93. The highest BCUT2D eigenvalue weighted by Gasteiger charge is 2.16. The second kappa shape index (κ2) is 4.75. The van der Waals surface area contributed by atoms with Crippen molar-refractivity contribution in [2.75, 3.05) is 6.54 Å². The lowest BCUT2D eigenvalue weighted by molar-refractivity contribution is 0.621. The predicted octanol–water partition coefficient (Wildman–Crippen LogP) is 1.88. The number of fused-ring (bicyclic) bond motifs is 1. The summed E-state index contributed by atoms with van der Waals surface area (Å²) in [5, 5.41) is 3.14. The standard InChI is InChI=1S/C13H11ClFN3O/c14-9-5-7(1-2-10(9)15)12-17-11-3-4-16-6-8(11)13(19)18-12/h1-2,5,16H,3-4,6H2,(H,17,18,19). The van der Waals surface area contributed by atoms with Crippen molar-refractivity contribution in [2.24, 2.45) is 0 Å². The van der Waals surface area contributed by atoms with Crippen LogP contribution in [0, 0.1) is 5.82 Å². The fourth-order valence-electron chi connectivity index (χ4n) is 2.13. The quantitative estimate of drug-likeness (QED) is 0.838. The van der Waals surface area contributed by atoms with Crippen molar-refractivity contribution >= 4 is 11.6 Å². The van der Waals surface area contributed by atoms with E-state index in [1.165, 1.54) is 12.1 Å². The third-order valence-electron chi connectivity index (χ3n) is 3.13. The third kappa shape index (κ3) is 2.27. The van der Waals surface area contributed by atoms with Gasteiger partial charge in [0.2, 0.25) is 0 Å². The molecule has 0 saturated heterocycles. The van der Waals surface area contributed by atoms with E-state index in [0.717, 1.165) is 12.2 Å². The highest BCUT2D eigenvalue weighted by atomic mass is 35.5. The zero-order valence-electron chi connectivity index (χ0n) is 9.96. The van der Waals surface area contributed by atoms with Gasteiger partial charge in [-0.1, -0.05) is 11.6 Å². The highest BCUT2D eigenvalue weighted by molar-refractivity contribution is 6.31. The molecule has 1 aliphatic heterocycles. The number of benzene rings is 1. The van der Waals surface area contributed by atoms with Gasteiger partial charge in [0.15, 0.2) is 0 Å². The average Bonchev–Trinajstić information content (AvgIpc) is 2.42. The summed E-state index contributed by atoms with van der Waals surface area (Å²) in [5.41, 5.74) is 1.90. The fourth-order valence-corrected chi connectivity index (χ4v) is 2.31. The van der Waals surface area contributed by atoms with Crippen LogP contribution in [0.5, 0.6) is 0 Å². The molecule has 2 heterocycles. The van der Waals surface area contributed by atoms with Gasteiger partial charge in [0.1, 0.15) is 11.6 Å². The largest absolute Gasteiger partial charge is 0.312 e. The average molecular weight is 280 g/mol. The summed E-state index contributed by atoms with van der Waals surface area (Å²) in [6, 6.07) is 4.27. The van der Waals surface area contributed by atoms with Gasteiger partial charge in [-0.2, -0.15) is 0 Å². The predicted molar refractivity (Wildman–Crippen MR) is 70.7 cm³/mol. The zero-order chi connectivity index (χ0) is 13.4. The van der Waals surface area contributed by atoms with Gasteiger partial charge in [0.25, 0.3) is 5.56 Å². The Kier molecular flexibility index (Phi) is 3.08. The molecule has 6 heteroatoms. The smallest absolute Gasteiger partial charge is 0.255 e. The summed E-state index contributed by atoms with van der Waals surface area (Å²) in [6.07, 6.45) is 0.710. The summed E-state index contributed by atoms with van der Waals surface area (Å²) in [6.45, 7) is 1.33. The van der Waals surface area contributed by atoms with Gasteiger partial charge in [0, 0.05) is 25.1 Å². The molecule has 0 aliphatic carbocycles. The van der Waals surface area contributed by atoms with Crippen molar-refractivity contribution < 1.29 is 4.39 Å². The minimum atomic E-state index is -0.491. The van der Waals surface area contributed by atoms with Crippen LogP contribution in [0.25, 0.3) is 11.4 Å². The molecule has 0 unspecified atom stereocenters. The second-order valence-electron chi connectivity index (χ2n) is 4.40. The van der Waals surface area contributed by atoms with Crippen LogP contribution in [-0.4, -0.2) is 16.5 Å². The van der Waals surface area contributed by atoms with Gasteiger partial charge in [0.05, 0.1) is 16.3 Å². The monoisotopic (exact) mass is 279 g/mol. The fraction of sp³-hybridized carbons (Fsp3) is 0.231. The van der Waals surface area contributed by atoms with Gasteiger partial charge in [-0.05, 0) is 18.2 Å². The number of nitrogens with zero attached hydrogens (tertiary/aromatic N) is 1. The van der Waals surface area contributed by atoms with Crippen LogP contribution in [0.4, 0.5) is 4.39 Å². The maximum Gasteiger partial charge on any atom is 0.255 e. The molecule has 2 N–H and O–H groups in total. The Morgan fingerprint density at radius 1 is 1.37 bits per heavy atom. The summed E-state index contributed by atoms with van der Waals surface area (Å²) in [4.78, 5) is 19.1. The summed E-state index contributed by atoms with van der Waals surface area (Å²) < 4.78 is 13.1. The molecule has 98 valence electrons. The normalized spacial score (nSPS) is 14.2. The van der Waals surface area contributed by atoms with Crippen LogP contribution in [-0.2, 0) is 13.0 Å². The molecule has 0 fully saturated rings. The molecule has 0 amide bonds. The summed E-state index contributed by atoms with van der Waals surface area (Å²) in [7, 11) is 0. The Morgan fingerprint density at radius 2 is 2.21 bits per heavy atom. The number of hydrogen-bond acceptors (Lipinski definition) is 3. The molecular formula is C13H11ClFN3O. The lowest BCUT2D eigenvalue weighted by Crippen LogP contribution is -2.31. The Hall–Kier alpha value is -1.72. The molecule has 19 heavy (non-hydrogen) atoms. The first kappa shape index (κ1) is 12.3. The second-order valence-corrected chi connectivity index (χ2v) is 4.80. The number of aromatic amines is 1. The molecule has 1 aromatic heterocycles. The Labute approximate surface area is 113 Å². The van der Waals surface area contributed by atoms with E-state index in [0.29, 0.717) is 29.9 Å². The number of H-pyrrole nitrogens is 1. The summed E-state index contributed by atoms with van der Waals surface area (Å²) in [5.74, 6) is -0.0672. The molecule has 2 aromatic rings. The van der Waals surface area contributed by atoms with Crippen molar-refractivity contribution in [1.29, 1.82) is 0 Å². The zero-order valence-corrected chi connectivity index (χ0v) is 10.7. The van der Waals surface area contributed by atoms with Crippen molar-refractivity contribution in [3.05, 3.63) is 50.7 Å². The molecule has 1 aromatic carbocycles. The minimum Gasteiger partial charge on any atom is -0.312 e. The SMILES string of the molecule is O=c1[nH]c(-c2ccc(F)c(Cl)c2)nc2c1CNCC2. The first-order valence-corrected chi connectivity index (χ1v) is 6.31. The summed E-state index contributed by atoms with van der Waals surface area (Å²) >= 11 is 5.74. The molecule has 3 rings (SSSR count). The lowest BCUT2D eigenvalue weighted by atomic mass is 10.1. The molecule has 0 atom stereocenters. The van der Waals surface area contributed by atoms with Gasteiger partial charge >= 0.3 is 0 Å². The molecule has 0 bridgehead atoms. The Morgan fingerprint density at radius 3 is 3.00 bits per heavy atom. The van der Waals surface area contributed by atoms with E-state index >= 15 is 0 Å². The molecule has 4 nitrogen and oxygen atoms in total. The van der Waals surface area contributed by atoms with Gasteiger partial charge < -0.3 is 10.3 Å². The highest BCUT2D eigenvalue weighted by Crippen LogP contribution is 2.22. The number of nitrogens with one attached hydrogen (secondary N) is 2. The third-order valence-corrected chi connectivity index (χ3v) is 3.42. The van der Waals surface area contributed by atoms with E-state index in [9.17, 15) is 9.18 Å². The van der Waals surface area contributed by atoms with E-state index in [1.807, 2.05) is 0 Å². The van der Waals surface area contributed by atoms with E-state index in [-0.39, 0.29) is 10.6 Å². The van der Waals surface area contributed by atoms with Crippen molar-refractivity contribution in [3.8, 4) is 11.4 Å². The molecule has 0 saturated carbocycles. The van der Waals surface area contributed by atoms with Gasteiger partial charge in [-0.3, -0.25) is 4.79 Å². The van der Waals surface area contributed by atoms with Crippen LogP contribution in [0.15, 0.2) is 23.0 Å². The minimum absolute atomic E-state index is 0.0135.